The third-order valence-electron chi connectivity index (χ3n) is 3.44. The van der Waals surface area contributed by atoms with Crippen molar-refractivity contribution in [3.63, 3.8) is 0 Å². The molecule has 2 rings (SSSR count). The highest BCUT2D eigenvalue weighted by Crippen LogP contribution is 2.18. The lowest BCUT2D eigenvalue weighted by molar-refractivity contribution is 0.0543. The molecule has 0 saturated carbocycles. The Morgan fingerprint density at radius 2 is 1.92 bits per heavy atom. The number of aromatic nitrogens is 1. The summed E-state index contributed by atoms with van der Waals surface area (Å²) >= 11 is 0. The number of hydrogen-bond donors (Lipinski definition) is 1. The molecule has 0 fully saturated rings. The van der Waals surface area contributed by atoms with E-state index in [0.29, 0.717) is 11.9 Å². The van der Waals surface area contributed by atoms with Gasteiger partial charge in [-0.2, -0.15) is 0 Å². The van der Waals surface area contributed by atoms with Crippen LogP contribution in [0.25, 0.3) is 10.9 Å². The van der Waals surface area contributed by atoms with Gasteiger partial charge < -0.3 is 9.84 Å². The molecule has 0 aliphatic rings. The summed E-state index contributed by atoms with van der Waals surface area (Å²) in [7, 11) is 0. The summed E-state index contributed by atoms with van der Waals surface area (Å²) in [4.78, 5) is 36.8. The molecule has 0 amide bonds. The van der Waals surface area contributed by atoms with Crippen LogP contribution in [0, 0.1) is 0 Å². The van der Waals surface area contributed by atoms with Crippen molar-refractivity contribution in [3.8, 4) is 0 Å². The molecular weight excluding hydrogens is 310 g/mol. The predicted molar refractivity (Wildman–Crippen MR) is 90.6 cm³/mol. The van der Waals surface area contributed by atoms with Crippen LogP contribution in [0.1, 0.15) is 43.6 Å². The van der Waals surface area contributed by atoms with Crippen molar-refractivity contribution in [2.75, 3.05) is 6.61 Å². The van der Waals surface area contributed by atoms with Gasteiger partial charge in [-0.3, -0.25) is 14.2 Å². The fourth-order valence-corrected chi connectivity index (χ4v) is 2.38. The van der Waals surface area contributed by atoms with E-state index < -0.39 is 22.9 Å². The predicted octanol–water partition coefficient (Wildman–Crippen LogP) is 2.52. The summed E-state index contributed by atoms with van der Waals surface area (Å²) < 4.78 is 6.54. The van der Waals surface area contributed by atoms with Gasteiger partial charge in [-0.15, -0.1) is 0 Å². The van der Waals surface area contributed by atoms with E-state index in [-0.39, 0.29) is 17.6 Å². The van der Waals surface area contributed by atoms with Crippen LogP contribution in [-0.4, -0.2) is 33.8 Å². The van der Waals surface area contributed by atoms with Gasteiger partial charge in [0.15, 0.2) is 11.2 Å². The van der Waals surface area contributed by atoms with Crippen LogP contribution in [0.3, 0.4) is 0 Å². The molecule has 0 unspecified atom stereocenters. The highest BCUT2D eigenvalue weighted by Gasteiger charge is 2.21. The molecular formula is C18H21NO5. The molecule has 128 valence electrons. The number of rotatable bonds is 3. The number of aliphatic hydroxyl groups is 1. The number of hydrogen-bond acceptors (Lipinski definition) is 5. The minimum Gasteiger partial charge on any atom is -0.443 e. The van der Waals surface area contributed by atoms with Crippen LogP contribution >= 0.6 is 0 Å². The Kier molecular flexibility index (Phi) is 4.89. The van der Waals surface area contributed by atoms with Gasteiger partial charge in [0, 0.05) is 18.2 Å². The maximum absolute atomic E-state index is 12.5. The number of carbonyl (C=O) groups excluding carboxylic acids is 2. The van der Waals surface area contributed by atoms with Crippen molar-refractivity contribution in [2.45, 2.75) is 39.7 Å². The summed E-state index contributed by atoms with van der Waals surface area (Å²) in [5.74, 6) is -0.424. The van der Waals surface area contributed by atoms with Crippen molar-refractivity contribution in [1.29, 1.82) is 0 Å². The second-order valence-electron chi connectivity index (χ2n) is 6.60. The van der Waals surface area contributed by atoms with E-state index in [0.717, 1.165) is 5.56 Å². The van der Waals surface area contributed by atoms with Crippen molar-refractivity contribution in [1.82, 2.24) is 4.57 Å². The van der Waals surface area contributed by atoms with Gasteiger partial charge in [-0.05, 0) is 51.8 Å². The molecule has 1 aromatic heterocycles. The highest BCUT2D eigenvalue weighted by atomic mass is 16.6. The number of Topliss-reactive ketones (excluding diaryl/α,β-unsaturated/α-hetero) is 1. The summed E-state index contributed by atoms with van der Waals surface area (Å²) in [6.07, 6.45) is 0.948. The quantitative estimate of drug-likeness (QED) is 0.874. The van der Waals surface area contributed by atoms with E-state index >= 15 is 0 Å². The van der Waals surface area contributed by atoms with Gasteiger partial charge in [0.05, 0.1) is 11.1 Å². The second kappa shape index (κ2) is 6.57. The second-order valence-corrected chi connectivity index (χ2v) is 6.60. The van der Waals surface area contributed by atoms with E-state index in [1.807, 2.05) is 0 Å². The molecule has 0 bridgehead atoms. The SMILES string of the molecule is CC(=O)c1cn(C(=O)OC(C)(C)C)c2ccc(CCO)cc2c1=O. The standard InChI is InChI=1S/C18H21NO5/c1-11(21)14-10-19(17(23)24-18(2,3)4)15-6-5-12(7-8-20)9-13(15)16(14)22/h5-6,9-10,20H,7-8H2,1-4H3. The molecule has 6 heteroatoms. The first-order chi connectivity index (χ1) is 11.1. The summed E-state index contributed by atoms with van der Waals surface area (Å²) in [6.45, 7) is 6.43. The molecule has 0 spiro atoms. The molecule has 6 nitrogen and oxygen atoms in total. The Labute approximate surface area is 139 Å². The van der Waals surface area contributed by atoms with Gasteiger partial charge in [0.1, 0.15) is 5.60 Å². The highest BCUT2D eigenvalue weighted by molar-refractivity contribution is 5.99. The van der Waals surface area contributed by atoms with E-state index in [4.69, 9.17) is 9.84 Å². The van der Waals surface area contributed by atoms with Crippen molar-refractivity contribution in [3.05, 3.63) is 45.7 Å². The third-order valence-corrected chi connectivity index (χ3v) is 3.44. The molecule has 24 heavy (non-hydrogen) atoms. The fraction of sp³-hybridized carbons (Fsp3) is 0.389. The number of benzene rings is 1. The van der Waals surface area contributed by atoms with Crippen LogP contribution in [0.4, 0.5) is 4.79 Å². The maximum Gasteiger partial charge on any atom is 0.419 e. The van der Waals surface area contributed by atoms with E-state index in [1.165, 1.54) is 17.7 Å². The first-order valence-electron chi connectivity index (χ1n) is 7.67. The van der Waals surface area contributed by atoms with E-state index in [9.17, 15) is 14.4 Å². The molecule has 0 aliphatic heterocycles. The van der Waals surface area contributed by atoms with E-state index in [2.05, 4.69) is 0 Å². The van der Waals surface area contributed by atoms with Crippen LogP contribution in [0.5, 0.6) is 0 Å². The van der Waals surface area contributed by atoms with E-state index in [1.54, 1.807) is 39.0 Å². The summed E-state index contributed by atoms with van der Waals surface area (Å²) in [5.41, 5.74) is -0.106. The average molecular weight is 331 g/mol. The number of pyridine rings is 1. The number of ketones is 1. The third kappa shape index (κ3) is 3.71. The molecule has 1 N–H and O–H groups in total. The lowest BCUT2D eigenvalue weighted by atomic mass is 10.0. The Hall–Kier alpha value is -2.47. The van der Waals surface area contributed by atoms with Gasteiger partial charge in [-0.1, -0.05) is 6.07 Å². The Balaban J connectivity index is 2.74. The summed E-state index contributed by atoms with van der Waals surface area (Å²) in [5, 5.41) is 9.31. The fourth-order valence-electron chi connectivity index (χ4n) is 2.38. The zero-order valence-corrected chi connectivity index (χ0v) is 14.3. The molecule has 0 atom stereocenters. The topological polar surface area (TPSA) is 85.6 Å². The lowest BCUT2D eigenvalue weighted by Gasteiger charge is -2.21. The molecule has 1 heterocycles. The number of ether oxygens (including phenoxy) is 1. The average Bonchev–Trinajstić information content (AvgIpc) is 2.46. The summed E-state index contributed by atoms with van der Waals surface area (Å²) in [6, 6.07) is 4.95. The smallest absolute Gasteiger partial charge is 0.419 e. The normalized spacial score (nSPS) is 11.5. The molecule has 0 radical (unpaired) electrons. The number of carbonyl (C=O) groups is 2. The van der Waals surface area contributed by atoms with Gasteiger partial charge >= 0.3 is 6.09 Å². The minimum absolute atomic E-state index is 0.0574. The first kappa shape index (κ1) is 17.9. The first-order valence-corrected chi connectivity index (χ1v) is 7.67. The Bertz CT molecular complexity index is 858. The number of fused-ring (bicyclic) bond motifs is 1. The zero-order chi connectivity index (χ0) is 18.1. The molecule has 2 aromatic rings. The van der Waals surface area contributed by atoms with Gasteiger partial charge in [0.2, 0.25) is 0 Å². The van der Waals surface area contributed by atoms with Gasteiger partial charge in [-0.25, -0.2) is 4.79 Å². The minimum atomic E-state index is -0.709. The Morgan fingerprint density at radius 1 is 1.25 bits per heavy atom. The van der Waals surface area contributed by atoms with Crippen LogP contribution in [0.15, 0.2) is 29.2 Å². The molecule has 0 saturated heterocycles. The van der Waals surface area contributed by atoms with Gasteiger partial charge in [0.25, 0.3) is 0 Å². The van der Waals surface area contributed by atoms with Crippen LogP contribution in [0.2, 0.25) is 0 Å². The molecule has 1 aromatic carbocycles. The van der Waals surface area contributed by atoms with Crippen molar-refractivity contribution in [2.24, 2.45) is 0 Å². The Morgan fingerprint density at radius 3 is 2.46 bits per heavy atom. The zero-order valence-electron chi connectivity index (χ0n) is 14.3. The largest absolute Gasteiger partial charge is 0.443 e. The van der Waals surface area contributed by atoms with Crippen LogP contribution in [-0.2, 0) is 11.2 Å². The molecule has 0 aliphatic carbocycles. The maximum atomic E-state index is 12.5. The number of nitrogens with zero attached hydrogens (tertiary/aromatic N) is 1. The lowest BCUT2D eigenvalue weighted by Crippen LogP contribution is -2.29. The van der Waals surface area contributed by atoms with Crippen LogP contribution < -0.4 is 5.43 Å². The monoisotopic (exact) mass is 331 g/mol. The van der Waals surface area contributed by atoms with Crippen molar-refractivity contribution >= 4 is 22.8 Å². The number of aliphatic hydroxyl groups excluding tert-OH is 1. The van der Waals surface area contributed by atoms with Crippen molar-refractivity contribution < 1.29 is 19.4 Å².